The summed E-state index contributed by atoms with van der Waals surface area (Å²) in [7, 11) is 1.79. The minimum absolute atomic E-state index is 0. The summed E-state index contributed by atoms with van der Waals surface area (Å²) in [6, 6.07) is 8.20. The average molecular weight is 573 g/mol. The first-order valence-corrected chi connectivity index (χ1v) is 10.4. The Hall–Kier alpha value is -1.59. The number of pyridine rings is 1. The molecular formula is C20H26BrIN6O. The van der Waals surface area contributed by atoms with E-state index in [9.17, 15) is 0 Å². The van der Waals surface area contributed by atoms with Crippen LogP contribution in [0, 0.1) is 0 Å². The van der Waals surface area contributed by atoms with Crippen molar-refractivity contribution in [3.8, 4) is 0 Å². The first-order chi connectivity index (χ1) is 13.7. The molecule has 1 fully saturated rings. The maximum absolute atomic E-state index is 5.69. The van der Waals surface area contributed by atoms with Crippen molar-refractivity contribution in [2.24, 2.45) is 4.99 Å². The van der Waals surface area contributed by atoms with Crippen molar-refractivity contribution in [2.75, 3.05) is 26.7 Å². The van der Waals surface area contributed by atoms with E-state index in [-0.39, 0.29) is 30.0 Å². The van der Waals surface area contributed by atoms with E-state index in [0.29, 0.717) is 6.54 Å². The van der Waals surface area contributed by atoms with Gasteiger partial charge in [-0.3, -0.25) is 9.89 Å². The van der Waals surface area contributed by atoms with Crippen LogP contribution in [0.15, 0.2) is 56.8 Å². The van der Waals surface area contributed by atoms with Gasteiger partial charge in [0.25, 0.3) is 0 Å². The highest BCUT2D eigenvalue weighted by Gasteiger charge is 2.25. The van der Waals surface area contributed by atoms with Crippen molar-refractivity contribution in [1.29, 1.82) is 0 Å². The van der Waals surface area contributed by atoms with Crippen LogP contribution in [0.5, 0.6) is 0 Å². The highest BCUT2D eigenvalue weighted by molar-refractivity contribution is 14.0. The zero-order valence-electron chi connectivity index (χ0n) is 16.3. The van der Waals surface area contributed by atoms with Gasteiger partial charge in [-0.25, -0.2) is 4.98 Å². The predicted molar refractivity (Wildman–Crippen MR) is 129 cm³/mol. The molecule has 7 nitrogen and oxygen atoms in total. The van der Waals surface area contributed by atoms with Gasteiger partial charge in [0, 0.05) is 30.5 Å². The normalized spacial score (nSPS) is 16.0. The van der Waals surface area contributed by atoms with Gasteiger partial charge in [-0.2, -0.15) is 0 Å². The van der Waals surface area contributed by atoms with Gasteiger partial charge >= 0.3 is 0 Å². The molecule has 0 saturated carbocycles. The van der Waals surface area contributed by atoms with Crippen molar-refractivity contribution in [1.82, 2.24) is 24.9 Å². The Kier molecular flexibility index (Phi) is 7.96. The molecule has 29 heavy (non-hydrogen) atoms. The van der Waals surface area contributed by atoms with E-state index >= 15 is 0 Å². The van der Waals surface area contributed by atoms with Gasteiger partial charge in [-0.1, -0.05) is 0 Å². The smallest absolute Gasteiger partial charge is 0.191 e. The van der Waals surface area contributed by atoms with E-state index < -0.39 is 0 Å². The fraction of sp³-hybridized carbons (Fsp3) is 0.400. The lowest BCUT2D eigenvalue weighted by Gasteiger charge is -2.26. The number of halogens is 2. The van der Waals surface area contributed by atoms with Crippen molar-refractivity contribution < 1.29 is 4.42 Å². The molecule has 1 atom stereocenters. The zero-order chi connectivity index (χ0) is 19.3. The van der Waals surface area contributed by atoms with Crippen LogP contribution in [0.25, 0.3) is 5.65 Å². The zero-order valence-corrected chi connectivity index (χ0v) is 20.3. The Bertz CT molecular complexity index is 936. The second-order valence-electron chi connectivity index (χ2n) is 6.93. The molecule has 1 saturated heterocycles. The lowest BCUT2D eigenvalue weighted by Crippen LogP contribution is -2.42. The molecule has 3 aromatic heterocycles. The van der Waals surface area contributed by atoms with Gasteiger partial charge in [0.05, 0.1) is 24.5 Å². The van der Waals surface area contributed by atoms with Gasteiger partial charge in [0.15, 0.2) is 5.96 Å². The number of nitrogens with one attached hydrogen (secondary N) is 2. The van der Waals surface area contributed by atoms with Gasteiger partial charge in [0.2, 0.25) is 0 Å². The molecule has 4 rings (SSSR count). The number of furan rings is 1. The van der Waals surface area contributed by atoms with Gasteiger partial charge in [-0.05, 0) is 66.1 Å². The molecule has 4 heterocycles. The van der Waals surface area contributed by atoms with Crippen LogP contribution < -0.4 is 10.6 Å². The summed E-state index contributed by atoms with van der Waals surface area (Å²) in [4.78, 5) is 11.5. The molecule has 0 aliphatic carbocycles. The van der Waals surface area contributed by atoms with Crippen molar-refractivity contribution in [3.05, 3.63) is 58.8 Å². The third-order valence-electron chi connectivity index (χ3n) is 5.04. The Balaban J connectivity index is 0.00000240. The lowest BCUT2D eigenvalue weighted by molar-refractivity contribution is 0.215. The standard InChI is InChI=1S/C20H25BrN6O.HI/c1-22-20(23-11-16-14-27-13-15(21)6-7-19(27)25-16)24-12-17(18-5-4-10-28-18)26-8-2-3-9-26;/h4-7,10,13-14,17H,2-3,8-9,11-12H2,1H3,(H2,22,23,24);1H. The number of aliphatic imine (C=N–C) groups is 1. The highest BCUT2D eigenvalue weighted by atomic mass is 127. The van der Waals surface area contributed by atoms with Crippen molar-refractivity contribution in [3.63, 3.8) is 0 Å². The average Bonchev–Trinajstić information content (AvgIpc) is 3.46. The summed E-state index contributed by atoms with van der Waals surface area (Å²) in [5, 5.41) is 6.80. The number of nitrogens with zero attached hydrogens (tertiary/aromatic N) is 4. The van der Waals surface area contributed by atoms with Crippen molar-refractivity contribution in [2.45, 2.75) is 25.4 Å². The van der Waals surface area contributed by atoms with Crippen LogP contribution in [0.3, 0.4) is 0 Å². The summed E-state index contributed by atoms with van der Waals surface area (Å²) < 4.78 is 8.73. The highest BCUT2D eigenvalue weighted by Crippen LogP contribution is 2.24. The number of likely N-dealkylation sites (tertiary alicyclic amines) is 1. The molecule has 1 unspecified atom stereocenters. The number of rotatable bonds is 6. The molecule has 0 aromatic carbocycles. The SMILES string of the molecule is CN=C(NCc1cn2cc(Br)ccc2n1)NCC(c1ccco1)N1CCCC1.I. The van der Waals surface area contributed by atoms with E-state index in [1.165, 1.54) is 12.8 Å². The van der Waals surface area contributed by atoms with E-state index in [4.69, 9.17) is 4.42 Å². The summed E-state index contributed by atoms with van der Waals surface area (Å²) >= 11 is 3.49. The molecular weight excluding hydrogens is 547 g/mol. The monoisotopic (exact) mass is 572 g/mol. The van der Waals surface area contributed by atoms with Crippen LogP contribution in [0.4, 0.5) is 0 Å². The number of guanidine groups is 1. The Morgan fingerprint density at radius 3 is 2.79 bits per heavy atom. The summed E-state index contributed by atoms with van der Waals surface area (Å²) in [5.41, 5.74) is 1.89. The third kappa shape index (κ3) is 5.52. The van der Waals surface area contributed by atoms with E-state index in [2.05, 4.69) is 47.5 Å². The molecule has 2 N–H and O–H groups in total. The third-order valence-corrected chi connectivity index (χ3v) is 5.51. The molecule has 0 spiro atoms. The number of imidazole rings is 1. The second-order valence-corrected chi connectivity index (χ2v) is 7.84. The molecule has 3 aromatic rings. The van der Waals surface area contributed by atoms with Gasteiger partial charge in [0.1, 0.15) is 11.4 Å². The largest absolute Gasteiger partial charge is 0.468 e. The summed E-state index contributed by atoms with van der Waals surface area (Å²) in [6.45, 7) is 3.56. The van der Waals surface area contributed by atoms with E-state index in [1.807, 2.05) is 35.0 Å². The number of hydrogen-bond acceptors (Lipinski definition) is 4. The van der Waals surface area contributed by atoms with Crippen LogP contribution in [-0.4, -0.2) is 46.9 Å². The summed E-state index contributed by atoms with van der Waals surface area (Å²) in [5.74, 6) is 1.75. The Morgan fingerprint density at radius 1 is 1.24 bits per heavy atom. The van der Waals surface area contributed by atoms with Gasteiger partial charge < -0.3 is 19.5 Å². The molecule has 1 aliphatic heterocycles. The molecule has 0 bridgehead atoms. The quantitative estimate of drug-likeness (QED) is 0.267. The molecule has 0 amide bonds. The lowest BCUT2D eigenvalue weighted by atomic mass is 10.2. The molecule has 0 radical (unpaired) electrons. The summed E-state index contributed by atoms with van der Waals surface area (Å²) in [6.07, 6.45) is 8.26. The van der Waals surface area contributed by atoms with Crippen LogP contribution >= 0.6 is 39.9 Å². The van der Waals surface area contributed by atoms with Crippen LogP contribution in [-0.2, 0) is 6.54 Å². The van der Waals surface area contributed by atoms with E-state index in [1.54, 1.807) is 13.3 Å². The maximum Gasteiger partial charge on any atom is 0.191 e. The minimum Gasteiger partial charge on any atom is -0.468 e. The second kappa shape index (κ2) is 10.4. The predicted octanol–water partition coefficient (Wildman–Crippen LogP) is 3.81. The first-order valence-electron chi connectivity index (χ1n) is 9.58. The molecule has 156 valence electrons. The fourth-order valence-electron chi connectivity index (χ4n) is 3.63. The fourth-order valence-corrected chi connectivity index (χ4v) is 3.99. The van der Waals surface area contributed by atoms with Crippen LogP contribution in [0.1, 0.15) is 30.3 Å². The van der Waals surface area contributed by atoms with Crippen molar-refractivity contribution >= 4 is 51.5 Å². The maximum atomic E-state index is 5.69. The minimum atomic E-state index is 0. The Morgan fingerprint density at radius 2 is 2.07 bits per heavy atom. The topological polar surface area (TPSA) is 70.1 Å². The first kappa shape index (κ1) is 22.1. The Labute approximate surface area is 196 Å². The van der Waals surface area contributed by atoms with Crippen LogP contribution in [0.2, 0.25) is 0 Å². The number of aromatic nitrogens is 2. The number of hydrogen-bond donors (Lipinski definition) is 2. The molecule has 9 heteroatoms. The van der Waals surface area contributed by atoms with E-state index in [0.717, 1.165) is 47.2 Å². The number of fused-ring (bicyclic) bond motifs is 1. The molecule has 1 aliphatic rings. The van der Waals surface area contributed by atoms with Gasteiger partial charge in [-0.15, -0.1) is 24.0 Å².